The number of fused-ring (bicyclic) bond motifs is 1. The van der Waals surface area contributed by atoms with Crippen LogP contribution < -0.4 is 11.1 Å². The lowest BCUT2D eigenvalue weighted by atomic mass is 9.99. The molecule has 9 nitrogen and oxygen atoms in total. The summed E-state index contributed by atoms with van der Waals surface area (Å²) in [5.74, 6) is -1.37. The largest absolute Gasteiger partial charge is 0.381 e. The van der Waals surface area contributed by atoms with Crippen molar-refractivity contribution in [1.29, 1.82) is 0 Å². The molecule has 2 heterocycles. The summed E-state index contributed by atoms with van der Waals surface area (Å²) >= 11 is 0. The van der Waals surface area contributed by atoms with Gasteiger partial charge < -0.3 is 16.2 Å². The molecule has 4 aromatic rings. The van der Waals surface area contributed by atoms with Gasteiger partial charge in [-0.1, -0.05) is 56.3 Å². The van der Waals surface area contributed by atoms with Crippen molar-refractivity contribution in [1.82, 2.24) is 25.3 Å². The lowest BCUT2D eigenvalue weighted by molar-refractivity contribution is -0.127. The van der Waals surface area contributed by atoms with Crippen molar-refractivity contribution < 1.29 is 14.7 Å². The molecule has 0 saturated carbocycles. The number of rotatable bonds is 7. The fourth-order valence-electron chi connectivity index (χ4n) is 3.58. The van der Waals surface area contributed by atoms with Crippen LogP contribution in [-0.4, -0.2) is 49.0 Å². The number of nitrogens with two attached hydrogens (primary N) is 1. The standard InChI is InChI=1S/C22H22N6O3.C2H6/c1-28-12-16(19(27-28)14-8-5-9-17-15(14)11-24-26-17)22(31)25-18(20(29)21(23)30)10-13-6-3-2-4-7-13;1-2/h2-9,11-12,18,20,29H,10H2,1H3,(H2,23,30)(H,24,26)(H,25,31);1-2H3. The molecule has 2 unspecified atom stereocenters. The number of nitrogens with zero attached hydrogens (tertiary/aromatic N) is 3. The number of aryl methyl sites for hydroxylation is 1. The minimum Gasteiger partial charge on any atom is -0.381 e. The van der Waals surface area contributed by atoms with Crippen molar-refractivity contribution in [2.75, 3.05) is 0 Å². The molecule has 2 aromatic heterocycles. The van der Waals surface area contributed by atoms with Gasteiger partial charge in [0.15, 0.2) is 6.10 Å². The van der Waals surface area contributed by atoms with E-state index in [1.54, 1.807) is 24.1 Å². The molecule has 172 valence electrons. The predicted molar refractivity (Wildman–Crippen MR) is 126 cm³/mol. The van der Waals surface area contributed by atoms with E-state index in [-0.39, 0.29) is 6.42 Å². The average Bonchev–Trinajstić information content (AvgIpc) is 3.46. The van der Waals surface area contributed by atoms with E-state index in [2.05, 4.69) is 20.6 Å². The van der Waals surface area contributed by atoms with Crippen molar-refractivity contribution in [2.45, 2.75) is 32.4 Å². The summed E-state index contributed by atoms with van der Waals surface area (Å²) in [6.45, 7) is 4.00. The van der Waals surface area contributed by atoms with E-state index in [0.717, 1.165) is 22.0 Å². The first kappa shape index (κ1) is 23.7. The van der Waals surface area contributed by atoms with Gasteiger partial charge >= 0.3 is 0 Å². The highest BCUT2D eigenvalue weighted by Crippen LogP contribution is 2.29. The van der Waals surface area contributed by atoms with Gasteiger partial charge in [0.25, 0.3) is 5.91 Å². The fourth-order valence-corrected chi connectivity index (χ4v) is 3.58. The molecule has 0 saturated heterocycles. The van der Waals surface area contributed by atoms with Gasteiger partial charge in [-0.3, -0.25) is 19.4 Å². The van der Waals surface area contributed by atoms with Crippen molar-refractivity contribution in [3.63, 3.8) is 0 Å². The molecule has 2 amide bonds. The molecule has 0 spiro atoms. The van der Waals surface area contributed by atoms with Crippen LogP contribution in [0.3, 0.4) is 0 Å². The Labute approximate surface area is 191 Å². The normalized spacial score (nSPS) is 12.5. The number of aliphatic hydroxyl groups excluding tert-OH is 1. The number of carbonyl (C=O) groups excluding carboxylic acids is 2. The molecule has 0 bridgehead atoms. The third-order valence-electron chi connectivity index (χ3n) is 5.10. The van der Waals surface area contributed by atoms with E-state index in [4.69, 9.17) is 5.73 Å². The molecule has 0 aliphatic rings. The number of amides is 2. The predicted octanol–water partition coefficient (Wildman–Crippen LogP) is 2.18. The van der Waals surface area contributed by atoms with Crippen molar-refractivity contribution >= 4 is 22.7 Å². The van der Waals surface area contributed by atoms with Crippen molar-refractivity contribution in [2.24, 2.45) is 12.8 Å². The van der Waals surface area contributed by atoms with Gasteiger partial charge in [0, 0.05) is 24.2 Å². The second-order valence-electron chi connectivity index (χ2n) is 7.32. The number of hydrogen-bond acceptors (Lipinski definition) is 5. The number of H-pyrrole nitrogens is 1. The number of aromatic nitrogens is 4. The summed E-state index contributed by atoms with van der Waals surface area (Å²) in [6, 6.07) is 13.9. The zero-order valence-corrected chi connectivity index (χ0v) is 18.8. The molecular weight excluding hydrogens is 420 g/mol. The van der Waals surface area contributed by atoms with E-state index in [1.165, 1.54) is 0 Å². The van der Waals surface area contributed by atoms with Crippen LogP contribution in [0.1, 0.15) is 29.8 Å². The molecule has 0 radical (unpaired) electrons. The average molecular weight is 449 g/mol. The number of aromatic amines is 1. The second kappa shape index (κ2) is 10.6. The van der Waals surface area contributed by atoms with Gasteiger partial charge in [0.05, 0.1) is 23.3 Å². The number of benzene rings is 2. The highest BCUT2D eigenvalue weighted by Gasteiger charge is 2.28. The molecule has 9 heteroatoms. The van der Waals surface area contributed by atoms with Crippen LogP contribution in [0.15, 0.2) is 60.9 Å². The lowest BCUT2D eigenvalue weighted by Crippen LogP contribution is -2.50. The topological polar surface area (TPSA) is 139 Å². The molecule has 2 atom stereocenters. The summed E-state index contributed by atoms with van der Waals surface area (Å²) < 4.78 is 1.54. The molecular formula is C24H28N6O3. The van der Waals surface area contributed by atoms with E-state index >= 15 is 0 Å². The van der Waals surface area contributed by atoms with Gasteiger partial charge in [-0.25, -0.2) is 0 Å². The number of hydrogen-bond donors (Lipinski definition) is 4. The first-order valence-corrected chi connectivity index (χ1v) is 10.7. The van der Waals surface area contributed by atoms with Crippen LogP contribution in [0.5, 0.6) is 0 Å². The Bertz CT molecular complexity index is 1230. The number of aliphatic hydroxyl groups is 1. The molecule has 5 N–H and O–H groups in total. The van der Waals surface area contributed by atoms with Crippen LogP contribution >= 0.6 is 0 Å². The molecule has 0 aliphatic carbocycles. The van der Waals surface area contributed by atoms with E-state index in [1.807, 2.05) is 62.4 Å². The maximum Gasteiger partial charge on any atom is 0.255 e. The number of nitrogens with one attached hydrogen (secondary N) is 2. The molecule has 33 heavy (non-hydrogen) atoms. The Morgan fingerprint density at radius 3 is 2.58 bits per heavy atom. The van der Waals surface area contributed by atoms with Gasteiger partial charge in [-0.2, -0.15) is 10.2 Å². The SMILES string of the molecule is CC.Cn1cc(C(=O)NC(Cc2ccccc2)C(O)C(N)=O)c(-c2cccc3[nH]ncc23)n1. The first-order chi connectivity index (χ1) is 15.9. The third-order valence-corrected chi connectivity index (χ3v) is 5.10. The van der Waals surface area contributed by atoms with E-state index in [0.29, 0.717) is 11.3 Å². The highest BCUT2D eigenvalue weighted by atomic mass is 16.3. The first-order valence-electron chi connectivity index (χ1n) is 10.7. The Balaban J connectivity index is 0.00000149. The van der Waals surface area contributed by atoms with Crippen LogP contribution in [0.25, 0.3) is 22.2 Å². The Morgan fingerprint density at radius 1 is 1.15 bits per heavy atom. The van der Waals surface area contributed by atoms with Crippen LogP contribution in [0.4, 0.5) is 0 Å². The summed E-state index contributed by atoms with van der Waals surface area (Å²) in [4.78, 5) is 24.9. The van der Waals surface area contributed by atoms with Gasteiger partial charge in [-0.15, -0.1) is 0 Å². The zero-order chi connectivity index (χ0) is 24.0. The quantitative estimate of drug-likeness (QED) is 0.343. The summed E-state index contributed by atoms with van der Waals surface area (Å²) in [6.07, 6.45) is 1.97. The highest BCUT2D eigenvalue weighted by molar-refractivity contribution is 6.04. The zero-order valence-electron chi connectivity index (χ0n) is 18.8. The Morgan fingerprint density at radius 2 is 1.88 bits per heavy atom. The molecule has 4 rings (SSSR count). The van der Waals surface area contributed by atoms with E-state index < -0.39 is 24.0 Å². The monoisotopic (exact) mass is 448 g/mol. The van der Waals surface area contributed by atoms with Gasteiger partial charge in [0.1, 0.15) is 5.69 Å². The maximum atomic E-state index is 13.2. The lowest BCUT2D eigenvalue weighted by Gasteiger charge is -2.22. The minimum absolute atomic E-state index is 0.240. The van der Waals surface area contributed by atoms with Gasteiger partial charge in [-0.05, 0) is 18.1 Å². The third kappa shape index (κ3) is 5.27. The fraction of sp³-hybridized carbons (Fsp3) is 0.250. The van der Waals surface area contributed by atoms with Crippen molar-refractivity contribution in [3.8, 4) is 11.3 Å². The van der Waals surface area contributed by atoms with E-state index in [9.17, 15) is 14.7 Å². The van der Waals surface area contributed by atoms with Crippen molar-refractivity contribution in [3.05, 3.63) is 72.1 Å². The number of carbonyl (C=O) groups is 2. The summed E-state index contributed by atoms with van der Waals surface area (Å²) in [5, 5.41) is 25.3. The summed E-state index contributed by atoms with van der Waals surface area (Å²) in [7, 11) is 1.72. The minimum atomic E-state index is -1.54. The maximum absolute atomic E-state index is 13.2. The Kier molecular flexibility index (Phi) is 7.57. The smallest absolute Gasteiger partial charge is 0.255 e. The second-order valence-corrected chi connectivity index (χ2v) is 7.32. The van der Waals surface area contributed by atoms with Gasteiger partial charge in [0.2, 0.25) is 5.91 Å². The molecule has 2 aromatic carbocycles. The van der Waals surface area contributed by atoms with Crippen LogP contribution in [0.2, 0.25) is 0 Å². The summed E-state index contributed by atoms with van der Waals surface area (Å²) in [5.41, 5.74) is 8.51. The Hall–Kier alpha value is -3.98. The van der Waals surface area contributed by atoms with Crippen LogP contribution in [-0.2, 0) is 18.3 Å². The van der Waals surface area contributed by atoms with Crippen LogP contribution in [0, 0.1) is 0 Å². The molecule has 0 aliphatic heterocycles. The number of primary amides is 1. The molecule has 0 fully saturated rings.